The monoisotopic (exact) mass is 336 g/mol. The van der Waals surface area contributed by atoms with Crippen LogP contribution < -0.4 is 14.8 Å². The highest BCUT2D eigenvalue weighted by Gasteiger charge is 2.12. The minimum Gasteiger partial charge on any atom is -0.494 e. The van der Waals surface area contributed by atoms with E-state index < -0.39 is 5.91 Å². The van der Waals surface area contributed by atoms with Gasteiger partial charge in [-0.2, -0.15) is 5.26 Å². The fourth-order valence-electron chi connectivity index (χ4n) is 2.18. The lowest BCUT2D eigenvalue weighted by Gasteiger charge is -2.10. The highest BCUT2D eigenvalue weighted by Crippen LogP contribution is 2.24. The molecule has 2 aromatic carbocycles. The normalized spacial score (nSPS) is 10.7. The summed E-state index contributed by atoms with van der Waals surface area (Å²) in [4.78, 5) is 12.4. The summed E-state index contributed by atoms with van der Waals surface area (Å²) >= 11 is 0. The zero-order valence-electron chi connectivity index (χ0n) is 14.3. The Bertz CT molecular complexity index is 789. The van der Waals surface area contributed by atoms with E-state index in [0.29, 0.717) is 24.7 Å². The smallest absolute Gasteiger partial charge is 0.266 e. The molecule has 0 aliphatic rings. The molecule has 0 saturated heterocycles. The fourth-order valence-corrected chi connectivity index (χ4v) is 2.18. The van der Waals surface area contributed by atoms with Gasteiger partial charge in [-0.3, -0.25) is 4.79 Å². The van der Waals surface area contributed by atoms with Crippen LogP contribution in [0, 0.1) is 11.3 Å². The highest BCUT2D eigenvalue weighted by molar-refractivity contribution is 6.10. The Morgan fingerprint density at radius 3 is 2.40 bits per heavy atom. The Morgan fingerprint density at radius 2 is 1.76 bits per heavy atom. The van der Waals surface area contributed by atoms with E-state index in [0.717, 1.165) is 11.3 Å². The van der Waals surface area contributed by atoms with E-state index in [4.69, 9.17) is 9.47 Å². The van der Waals surface area contributed by atoms with Crippen molar-refractivity contribution in [1.29, 1.82) is 5.26 Å². The van der Waals surface area contributed by atoms with Crippen LogP contribution in [0.25, 0.3) is 6.08 Å². The molecule has 0 heterocycles. The van der Waals surface area contributed by atoms with Crippen molar-refractivity contribution in [2.75, 3.05) is 18.5 Å². The van der Waals surface area contributed by atoms with E-state index in [1.54, 1.807) is 42.5 Å². The molecule has 0 spiro atoms. The lowest BCUT2D eigenvalue weighted by Crippen LogP contribution is -2.14. The van der Waals surface area contributed by atoms with Crippen molar-refractivity contribution in [3.63, 3.8) is 0 Å². The molecule has 128 valence electrons. The van der Waals surface area contributed by atoms with Crippen molar-refractivity contribution < 1.29 is 14.3 Å². The van der Waals surface area contributed by atoms with Gasteiger partial charge in [-0.05, 0) is 49.8 Å². The van der Waals surface area contributed by atoms with Crippen LogP contribution >= 0.6 is 0 Å². The topological polar surface area (TPSA) is 71.3 Å². The van der Waals surface area contributed by atoms with Crippen LogP contribution in [0.4, 0.5) is 5.69 Å². The molecule has 5 nitrogen and oxygen atoms in total. The number of anilines is 1. The number of nitriles is 1. The molecule has 2 aromatic rings. The second kappa shape index (κ2) is 9.14. The van der Waals surface area contributed by atoms with Crippen LogP contribution in [0.15, 0.2) is 54.1 Å². The number of rotatable bonds is 7. The van der Waals surface area contributed by atoms with Gasteiger partial charge in [0.2, 0.25) is 0 Å². The maximum atomic E-state index is 12.4. The Hall–Kier alpha value is -3.26. The van der Waals surface area contributed by atoms with Gasteiger partial charge in [0.15, 0.2) is 0 Å². The summed E-state index contributed by atoms with van der Waals surface area (Å²) in [5.74, 6) is 0.827. The van der Waals surface area contributed by atoms with Gasteiger partial charge in [0.25, 0.3) is 5.91 Å². The number of ether oxygens (including phenoxy) is 2. The predicted molar refractivity (Wildman–Crippen MR) is 97.4 cm³/mol. The van der Waals surface area contributed by atoms with Crippen molar-refractivity contribution in [2.45, 2.75) is 13.8 Å². The first-order chi connectivity index (χ1) is 12.2. The van der Waals surface area contributed by atoms with Crippen LogP contribution in [-0.2, 0) is 4.79 Å². The summed E-state index contributed by atoms with van der Waals surface area (Å²) in [6, 6.07) is 16.2. The molecule has 0 fully saturated rings. The number of hydrogen-bond acceptors (Lipinski definition) is 4. The van der Waals surface area contributed by atoms with Gasteiger partial charge in [0, 0.05) is 0 Å². The molecule has 0 saturated carbocycles. The number of carbonyl (C=O) groups is 1. The van der Waals surface area contributed by atoms with Crippen molar-refractivity contribution in [2.24, 2.45) is 0 Å². The first kappa shape index (κ1) is 18.1. The van der Waals surface area contributed by atoms with Crippen molar-refractivity contribution in [3.8, 4) is 17.6 Å². The Kier molecular flexibility index (Phi) is 6.61. The quantitative estimate of drug-likeness (QED) is 0.612. The Balaban J connectivity index is 2.17. The summed E-state index contributed by atoms with van der Waals surface area (Å²) < 4.78 is 10.9. The molecule has 0 bridgehead atoms. The van der Waals surface area contributed by atoms with Crippen LogP contribution in [0.2, 0.25) is 0 Å². The summed E-state index contributed by atoms with van der Waals surface area (Å²) in [7, 11) is 0. The van der Waals surface area contributed by atoms with Crippen LogP contribution in [0.3, 0.4) is 0 Å². The van der Waals surface area contributed by atoms with Gasteiger partial charge in [-0.1, -0.05) is 24.3 Å². The van der Waals surface area contributed by atoms with E-state index in [2.05, 4.69) is 5.32 Å². The third-order valence-corrected chi connectivity index (χ3v) is 3.30. The molecule has 0 unspecified atom stereocenters. The molecule has 0 atom stereocenters. The maximum Gasteiger partial charge on any atom is 0.266 e. The summed E-state index contributed by atoms with van der Waals surface area (Å²) in [5.41, 5.74) is 1.28. The number of carbonyl (C=O) groups excluding carboxylic acids is 1. The molecule has 5 heteroatoms. The molecule has 0 radical (unpaired) electrons. The van der Waals surface area contributed by atoms with Crippen molar-refractivity contribution in [1.82, 2.24) is 0 Å². The van der Waals surface area contributed by atoms with Gasteiger partial charge in [-0.15, -0.1) is 0 Å². The average Bonchev–Trinajstić information content (AvgIpc) is 2.63. The van der Waals surface area contributed by atoms with Gasteiger partial charge < -0.3 is 14.8 Å². The van der Waals surface area contributed by atoms with Crippen LogP contribution in [-0.4, -0.2) is 19.1 Å². The summed E-state index contributed by atoms with van der Waals surface area (Å²) in [5, 5.41) is 12.0. The number of hydrogen-bond donors (Lipinski definition) is 1. The van der Waals surface area contributed by atoms with Gasteiger partial charge in [-0.25, -0.2) is 0 Å². The van der Waals surface area contributed by atoms with Gasteiger partial charge in [0.05, 0.1) is 18.9 Å². The molecular weight excluding hydrogens is 316 g/mol. The minimum absolute atomic E-state index is 0.00969. The SMILES string of the molecule is CCOc1ccc(/C=C(\C#N)C(=O)Nc2ccccc2OCC)cc1. The number of para-hydroxylation sites is 2. The molecule has 0 aliphatic heterocycles. The molecular formula is C20H20N2O3. The molecule has 2 rings (SSSR count). The lowest BCUT2D eigenvalue weighted by atomic mass is 10.1. The number of nitrogens with one attached hydrogen (secondary N) is 1. The van der Waals surface area contributed by atoms with E-state index >= 15 is 0 Å². The van der Waals surface area contributed by atoms with Crippen molar-refractivity contribution >= 4 is 17.7 Å². The van der Waals surface area contributed by atoms with E-state index in [9.17, 15) is 10.1 Å². The van der Waals surface area contributed by atoms with E-state index in [-0.39, 0.29) is 5.57 Å². The van der Waals surface area contributed by atoms with E-state index in [1.807, 2.05) is 26.0 Å². The van der Waals surface area contributed by atoms with Gasteiger partial charge >= 0.3 is 0 Å². The molecule has 0 aliphatic carbocycles. The minimum atomic E-state index is -0.483. The van der Waals surface area contributed by atoms with Crippen LogP contribution in [0.5, 0.6) is 11.5 Å². The first-order valence-electron chi connectivity index (χ1n) is 8.05. The zero-order valence-corrected chi connectivity index (χ0v) is 14.3. The third kappa shape index (κ3) is 5.11. The molecule has 1 N–H and O–H groups in total. The highest BCUT2D eigenvalue weighted by atomic mass is 16.5. The summed E-state index contributed by atoms with van der Waals surface area (Å²) in [6.45, 7) is 4.84. The zero-order chi connectivity index (χ0) is 18.1. The van der Waals surface area contributed by atoms with Gasteiger partial charge in [0.1, 0.15) is 23.1 Å². The largest absolute Gasteiger partial charge is 0.494 e. The second-order valence-corrected chi connectivity index (χ2v) is 5.06. The maximum absolute atomic E-state index is 12.4. The molecule has 25 heavy (non-hydrogen) atoms. The standard InChI is InChI=1S/C20H20N2O3/c1-3-24-17-11-9-15(10-12-17)13-16(14-21)20(23)22-18-7-5-6-8-19(18)25-4-2/h5-13H,3-4H2,1-2H3,(H,22,23)/b16-13+. The predicted octanol–water partition coefficient (Wildman–Crippen LogP) is 4.03. The number of benzene rings is 2. The first-order valence-corrected chi connectivity index (χ1v) is 8.05. The Morgan fingerprint density at radius 1 is 1.08 bits per heavy atom. The average molecular weight is 336 g/mol. The molecule has 1 amide bonds. The summed E-state index contributed by atoms with van der Waals surface area (Å²) in [6.07, 6.45) is 1.54. The number of amides is 1. The Labute approximate surface area is 147 Å². The molecule has 0 aromatic heterocycles. The number of nitrogens with zero attached hydrogens (tertiary/aromatic N) is 1. The fraction of sp³-hybridized carbons (Fsp3) is 0.200. The van der Waals surface area contributed by atoms with E-state index in [1.165, 1.54) is 6.08 Å². The second-order valence-electron chi connectivity index (χ2n) is 5.06. The van der Waals surface area contributed by atoms with Crippen LogP contribution in [0.1, 0.15) is 19.4 Å². The lowest BCUT2D eigenvalue weighted by molar-refractivity contribution is -0.112. The third-order valence-electron chi connectivity index (χ3n) is 3.30. The van der Waals surface area contributed by atoms with Crippen molar-refractivity contribution in [3.05, 3.63) is 59.7 Å².